The van der Waals surface area contributed by atoms with Crippen LogP contribution in [0.15, 0.2) is 0 Å². The van der Waals surface area contributed by atoms with E-state index in [1.165, 1.54) is 0 Å². The molecule has 0 spiro atoms. The zero-order chi connectivity index (χ0) is 12.9. The van der Waals surface area contributed by atoms with Crippen LogP contribution in [0, 0.1) is 5.41 Å². The largest absolute Gasteiger partial charge is 0.354 e. The van der Waals surface area contributed by atoms with Gasteiger partial charge in [0.25, 0.3) is 0 Å². The summed E-state index contributed by atoms with van der Waals surface area (Å²) < 4.78 is 0. The van der Waals surface area contributed by atoms with Gasteiger partial charge in [-0.2, -0.15) is 0 Å². The van der Waals surface area contributed by atoms with Gasteiger partial charge in [-0.1, -0.05) is 12.8 Å². The van der Waals surface area contributed by atoms with E-state index in [0.717, 1.165) is 25.7 Å². The molecule has 0 saturated heterocycles. The molecule has 1 rings (SSSR count). The van der Waals surface area contributed by atoms with E-state index in [1.807, 2.05) is 0 Å². The van der Waals surface area contributed by atoms with Gasteiger partial charge in [0.2, 0.25) is 11.8 Å². The van der Waals surface area contributed by atoms with Crippen molar-refractivity contribution >= 4 is 24.2 Å². The number of nitrogens with one attached hydrogen (secondary N) is 2. The molecule has 0 unspecified atom stereocenters. The molecule has 2 amide bonds. The van der Waals surface area contributed by atoms with Crippen LogP contribution in [0.25, 0.3) is 0 Å². The van der Waals surface area contributed by atoms with Gasteiger partial charge in [-0.15, -0.1) is 12.4 Å². The molecule has 0 aromatic heterocycles. The third kappa shape index (κ3) is 4.14. The first kappa shape index (κ1) is 17.2. The summed E-state index contributed by atoms with van der Waals surface area (Å²) >= 11 is 0. The number of hydrogen-bond acceptors (Lipinski definition) is 3. The third-order valence-electron chi connectivity index (χ3n) is 3.38. The van der Waals surface area contributed by atoms with Crippen molar-refractivity contribution < 1.29 is 9.59 Å². The summed E-state index contributed by atoms with van der Waals surface area (Å²) in [4.78, 5) is 25.3. The maximum atomic E-state index is 12.2. The summed E-state index contributed by atoms with van der Waals surface area (Å²) in [5.74, 6) is 0.0880. The van der Waals surface area contributed by atoms with Crippen LogP contribution >= 0.6 is 12.4 Å². The van der Waals surface area contributed by atoms with Gasteiger partial charge in [-0.05, 0) is 19.9 Å². The molecule has 5 nitrogen and oxygen atoms in total. The first-order valence-corrected chi connectivity index (χ1v) is 6.15. The molecule has 2 N–H and O–H groups in total. The van der Waals surface area contributed by atoms with Gasteiger partial charge in [0.1, 0.15) is 0 Å². The van der Waals surface area contributed by atoms with Crippen molar-refractivity contribution in [1.82, 2.24) is 15.5 Å². The third-order valence-corrected chi connectivity index (χ3v) is 3.38. The second-order valence-electron chi connectivity index (χ2n) is 4.99. The molecular weight excluding hydrogens is 254 g/mol. The average Bonchev–Trinajstić information content (AvgIpc) is 2.75. The molecule has 0 aromatic rings. The second kappa shape index (κ2) is 7.59. The molecule has 1 aliphatic rings. The maximum Gasteiger partial charge on any atom is 0.233 e. The van der Waals surface area contributed by atoms with E-state index < -0.39 is 0 Å². The SMILES string of the molecule is CNCC(=O)NCC1(C(=O)N(C)C)CCCC1.Cl. The molecule has 0 heterocycles. The number of carbonyl (C=O) groups is 2. The average molecular weight is 278 g/mol. The molecule has 1 aliphatic carbocycles. The first-order chi connectivity index (χ1) is 8.02. The number of likely N-dealkylation sites (N-methyl/N-ethyl adjacent to an activating group) is 1. The number of carbonyl (C=O) groups excluding carboxylic acids is 2. The predicted octanol–water partition coefficient (Wildman–Crippen LogP) is 0.392. The topological polar surface area (TPSA) is 61.4 Å². The lowest BCUT2D eigenvalue weighted by Gasteiger charge is -2.30. The predicted molar refractivity (Wildman–Crippen MR) is 73.8 cm³/mol. The molecular formula is C12H24ClN3O2. The van der Waals surface area contributed by atoms with E-state index in [1.54, 1.807) is 26.0 Å². The fourth-order valence-corrected chi connectivity index (χ4v) is 2.48. The van der Waals surface area contributed by atoms with Crippen LogP contribution < -0.4 is 10.6 Å². The Kier molecular flexibility index (Phi) is 7.25. The van der Waals surface area contributed by atoms with E-state index in [4.69, 9.17) is 0 Å². The molecule has 1 saturated carbocycles. The molecule has 6 heteroatoms. The van der Waals surface area contributed by atoms with Crippen molar-refractivity contribution in [2.75, 3.05) is 34.2 Å². The lowest BCUT2D eigenvalue weighted by atomic mass is 9.84. The summed E-state index contributed by atoms with van der Waals surface area (Å²) in [5, 5.41) is 5.65. The quantitative estimate of drug-likeness (QED) is 0.764. The Morgan fingerprint density at radius 2 is 1.78 bits per heavy atom. The smallest absolute Gasteiger partial charge is 0.233 e. The van der Waals surface area contributed by atoms with Crippen molar-refractivity contribution in [3.05, 3.63) is 0 Å². The van der Waals surface area contributed by atoms with Crippen molar-refractivity contribution in [2.45, 2.75) is 25.7 Å². The van der Waals surface area contributed by atoms with E-state index in [9.17, 15) is 9.59 Å². The van der Waals surface area contributed by atoms with Crippen molar-refractivity contribution in [3.8, 4) is 0 Å². The Bertz CT molecular complexity index is 289. The highest BCUT2D eigenvalue weighted by atomic mass is 35.5. The van der Waals surface area contributed by atoms with Gasteiger partial charge in [0.05, 0.1) is 12.0 Å². The normalized spacial score (nSPS) is 16.8. The van der Waals surface area contributed by atoms with E-state index in [0.29, 0.717) is 13.1 Å². The van der Waals surface area contributed by atoms with Crippen molar-refractivity contribution in [2.24, 2.45) is 5.41 Å². The standard InChI is InChI=1S/C12H23N3O2.ClH/c1-13-8-10(16)14-9-12(6-4-5-7-12)11(17)15(2)3;/h13H,4-9H2,1-3H3,(H,14,16);1H. The molecule has 0 aromatic carbocycles. The van der Waals surface area contributed by atoms with Crippen LogP contribution in [0.5, 0.6) is 0 Å². The van der Waals surface area contributed by atoms with Crippen LogP contribution in [-0.4, -0.2) is 50.9 Å². The highest BCUT2D eigenvalue weighted by Gasteiger charge is 2.42. The van der Waals surface area contributed by atoms with Crippen LogP contribution in [0.1, 0.15) is 25.7 Å². The minimum Gasteiger partial charge on any atom is -0.354 e. The number of amides is 2. The summed E-state index contributed by atoms with van der Waals surface area (Å²) in [6, 6.07) is 0. The fourth-order valence-electron chi connectivity index (χ4n) is 2.48. The lowest BCUT2D eigenvalue weighted by molar-refractivity contribution is -0.139. The van der Waals surface area contributed by atoms with Crippen LogP contribution in [0.3, 0.4) is 0 Å². The minimum atomic E-state index is -0.368. The zero-order valence-corrected chi connectivity index (χ0v) is 12.2. The Labute approximate surface area is 115 Å². The molecule has 106 valence electrons. The Balaban J connectivity index is 0.00000289. The number of halogens is 1. The summed E-state index contributed by atoms with van der Waals surface area (Å²) in [7, 11) is 5.28. The van der Waals surface area contributed by atoms with Gasteiger partial charge in [-0.3, -0.25) is 9.59 Å². The monoisotopic (exact) mass is 277 g/mol. The molecule has 0 radical (unpaired) electrons. The van der Waals surface area contributed by atoms with Crippen LogP contribution in [-0.2, 0) is 9.59 Å². The molecule has 0 atom stereocenters. The summed E-state index contributed by atoms with van der Waals surface area (Å²) in [6.07, 6.45) is 3.90. The molecule has 0 bridgehead atoms. The lowest BCUT2D eigenvalue weighted by Crippen LogP contribution is -2.47. The number of nitrogens with zero attached hydrogens (tertiary/aromatic N) is 1. The van der Waals surface area contributed by atoms with Crippen LogP contribution in [0.2, 0.25) is 0 Å². The fraction of sp³-hybridized carbons (Fsp3) is 0.833. The Morgan fingerprint density at radius 3 is 2.22 bits per heavy atom. The van der Waals surface area contributed by atoms with Gasteiger partial charge in [0.15, 0.2) is 0 Å². The van der Waals surface area contributed by atoms with Crippen molar-refractivity contribution in [3.63, 3.8) is 0 Å². The van der Waals surface area contributed by atoms with Gasteiger partial charge in [-0.25, -0.2) is 0 Å². The summed E-state index contributed by atoms with van der Waals surface area (Å²) in [6.45, 7) is 0.761. The molecule has 18 heavy (non-hydrogen) atoms. The van der Waals surface area contributed by atoms with E-state index >= 15 is 0 Å². The number of rotatable bonds is 5. The first-order valence-electron chi connectivity index (χ1n) is 6.15. The zero-order valence-electron chi connectivity index (χ0n) is 11.4. The van der Waals surface area contributed by atoms with E-state index in [2.05, 4.69) is 10.6 Å². The van der Waals surface area contributed by atoms with Gasteiger partial charge in [0, 0.05) is 20.6 Å². The minimum absolute atomic E-state index is 0. The van der Waals surface area contributed by atoms with Gasteiger partial charge < -0.3 is 15.5 Å². The summed E-state index contributed by atoms with van der Waals surface area (Å²) in [5.41, 5.74) is -0.368. The molecule has 0 aliphatic heterocycles. The van der Waals surface area contributed by atoms with E-state index in [-0.39, 0.29) is 29.6 Å². The Morgan fingerprint density at radius 1 is 1.22 bits per heavy atom. The molecule has 1 fully saturated rings. The highest BCUT2D eigenvalue weighted by molar-refractivity contribution is 5.85. The van der Waals surface area contributed by atoms with Crippen molar-refractivity contribution in [1.29, 1.82) is 0 Å². The highest BCUT2D eigenvalue weighted by Crippen LogP contribution is 2.38. The van der Waals surface area contributed by atoms with Gasteiger partial charge >= 0.3 is 0 Å². The number of hydrogen-bond donors (Lipinski definition) is 2. The van der Waals surface area contributed by atoms with Crippen LogP contribution in [0.4, 0.5) is 0 Å². The second-order valence-corrected chi connectivity index (χ2v) is 4.99. The maximum absolute atomic E-state index is 12.2. The Hall–Kier alpha value is -0.810.